The molecule has 2 N–H and O–H groups in total. The van der Waals surface area contributed by atoms with Crippen LogP contribution >= 0.6 is 22.7 Å². The molecule has 0 aliphatic carbocycles. The van der Waals surface area contributed by atoms with Crippen molar-refractivity contribution in [2.75, 3.05) is 6.54 Å². The van der Waals surface area contributed by atoms with Gasteiger partial charge in [-0.1, -0.05) is 36.4 Å². The Morgan fingerprint density at radius 1 is 1.10 bits per heavy atom. The molecule has 4 aromatic rings. The number of H-pyrrole nitrogens is 1. The van der Waals surface area contributed by atoms with Crippen LogP contribution in [0.1, 0.15) is 20.9 Å². The van der Waals surface area contributed by atoms with E-state index in [1.165, 1.54) is 17.5 Å². The number of hydrogen-bond acceptors (Lipinski definition) is 6. The maximum Gasteiger partial charge on any atom is 0.328 e. The minimum atomic E-state index is -0.607. The lowest BCUT2D eigenvalue weighted by Gasteiger charge is -2.07. The van der Waals surface area contributed by atoms with Crippen LogP contribution in [0.25, 0.3) is 10.6 Å². The van der Waals surface area contributed by atoms with E-state index in [4.69, 9.17) is 0 Å². The molecule has 0 aliphatic rings. The van der Waals surface area contributed by atoms with Crippen molar-refractivity contribution >= 4 is 28.6 Å². The molecule has 0 unspecified atom stereocenters. The van der Waals surface area contributed by atoms with Gasteiger partial charge in [-0.2, -0.15) is 0 Å². The van der Waals surface area contributed by atoms with Gasteiger partial charge in [-0.05, 0) is 11.4 Å². The molecule has 1 amide bonds. The Morgan fingerprint density at radius 3 is 2.70 bits per heavy atom. The second kappa shape index (κ2) is 9.02. The first-order chi connectivity index (χ1) is 14.6. The van der Waals surface area contributed by atoms with Gasteiger partial charge in [0.25, 0.3) is 11.5 Å². The molecule has 0 saturated carbocycles. The smallest absolute Gasteiger partial charge is 0.328 e. The first-order valence-corrected chi connectivity index (χ1v) is 11.0. The normalized spacial score (nSPS) is 10.8. The molecule has 0 aliphatic heterocycles. The summed E-state index contributed by atoms with van der Waals surface area (Å²) in [5.41, 5.74) is 0.688. The van der Waals surface area contributed by atoms with Gasteiger partial charge in [0.1, 0.15) is 10.6 Å². The Hall–Kier alpha value is -3.30. The highest BCUT2D eigenvalue weighted by molar-refractivity contribution is 7.13. The number of carbonyl (C=O) groups excluding carboxylic acids is 1. The van der Waals surface area contributed by atoms with Crippen molar-refractivity contribution in [2.45, 2.75) is 13.0 Å². The van der Waals surface area contributed by atoms with E-state index in [1.54, 1.807) is 11.3 Å². The van der Waals surface area contributed by atoms with Crippen molar-refractivity contribution in [3.8, 4) is 10.6 Å². The topological polar surface area (TPSA) is 96.8 Å². The largest absolute Gasteiger partial charge is 0.351 e. The summed E-state index contributed by atoms with van der Waals surface area (Å²) in [5, 5.41) is 7.49. The van der Waals surface area contributed by atoms with Crippen LogP contribution in [0.4, 0.5) is 0 Å². The maximum atomic E-state index is 12.6. The number of thiophene rings is 1. The number of aromatic amines is 1. The number of amides is 1. The van der Waals surface area contributed by atoms with Crippen LogP contribution in [0.3, 0.4) is 0 Å². The summed E-state index contributed by atoms with van der Waals surface area (Å²) < 4.78 is 1.04. The van der Waals surface area contributed by atoms with E-state index in [0.29, 0.717) is 13.0 Å². The second-order valence-electron chi connectivity index (χ2n) is 6.49. The summed E-state index contributed by atoms with van der Waals surface area (Å²) in [4.78, 5) is 45.1. The highest BCUT2D eigenvalue weighted by atomic mass is 32.1. The van der Waals surface area contributed by atoms with E-state index >= 15 is 0 Å². The number of nitrogens with zero attached hydrogens (tertiary/aromatic N) is 2. The molecule has 0 radical (unpaired) electrons. The van der Waals surface area contributed by atoms with Crippen LogP contribution in [0.5, 0.6) is 0 Å². The maximum absolute atomic E-state index is 12.6. The van der Waals surface area contributed by atoms with Crippen molar-refractivity contribution in [2.24, 2.45) is 0 Å². The molecule has 152 valence electrons. The summed E-state index contributed by atoms with van der Waals surface area (Å²) >= 11 is 2.99. The molecule has 0 fully saturated rings. The van der Waals surface area contributed by atoms with E-state index in [1.807, 2.05) is 53.2 Å². The fraction of sp³-hybridized carbons (Fsp3) is 0.143. The monoisotopic (exact) mass is 438 g/mol. The van der Waals surface area contributed by atoms with Gasteiger partial charge in [-0.15, -0.1) is 22.7 Å². The third-order valence-corrected chi connectivity index (χ3v) is 6.24. The Labute approximate surface area is 179 Å². The molecule has 4 rings (SSSR count). The van der Waals surface area contributed by atoms with Crippen LogP contribution in [0.15, 0.2) is 69.0 Å². The predicted octanol–water partition coefficient (Wildman–Crippen LogP) is 2.74. The number of nitrogens with one attached hydrogen (secondary N) is 2. The Balaban J connectivity index is 1.40. The van der Waals surface area contributed by atoms with Crippen molar-refractivity contribution < 1.29 is 4.79 Å². The average Bonchev–Trinajstić information content (AvgIpc) is 3.44. The molecule has 0 spiro atoms. The lowest BCUT2D eigenvalue weighted by molar-refractivity contribution is 0.0951. The van der Waals surface area contributed by atoms with Crippen LogP contribution in [0.2, 0.25) is 0 Å². The molecule has 0 atom stereocenters. The minimum Gasteiger partial charge on any atom is -0.351 e. The van der Waals surface area contributed by atoms with Crippen LogP contribution in [0, 0.1) is 0 Å². The van der Waals surface area contributed by atoms with Crippen LogP contribution < -0.4 is 16.6 Å². The highest BCUT2D eigenvalue weighted by Gasteiger charge is 2.15. The van der Waals surface area contributed by atoms with Gasteiger partial charge >= 0.3 is 5.69 Å². The van der Waals surface area contributed by atoms with Crippen molar-refractivity contribution in [1.82, 2.24) is 19.9 Å². The minimum absolute atomic E-state index is 0.0885. The third kappa shape index (κ3) is 4.47. The Bertz CT molecular complexity index is 1260. The van der Waals surface area contributed by atoms with E-state index < -0.39 is 17.2 Å². The third-order valence-electron chi connectivity index (χ3n) is 4.44. The zero-order chi connectivity index (χ0) is 20.9. The van der Waals surface area contributed by atoms with Crippen molar-refractivity contribution in [3.63, 3.8) is 0 Å². The van der Waals surface area contributed by atoms with E-state index in [9.17, 15) is 14.4 Å². The summed E-state index contributed by atoms with van der Waals surface area (Å²) in [6.45, 7) is 0.467. The molecule has 9 heteroatoms. The molecule has 1 aromatic carbocycles. The molecule has 7 nitrogen and oxygen atoms in total. The molecular weight excluding hydrogens is 420 g/mol. The quantitative estimate of drug-likeness (QED) is 0.464. The predicted molar refractivity (Wildman–Crippen MR) is 118 cm³/mol. The standard InChI is InChI=1S/C21H18N4O3S2/c26-18(17-11-23-21(28)25(20(17)27)12-16-7-4-10-29-16)22-9-8-15-13-30-19(24-15)14-5-2-1-3-6-14/h1-7,10-11,13H,8-9,12H2,(H,22,26)(H,23,28). The first kappa shape index (κ1) is 20.0. The van der Waals surface area contributed by atoms with Gasteiger partial charge < -0.3 is 10.3 Å². The zero-order valence-corrected chi connectivity index (χ0v) is 17.5. The van der Waals surface area contributed by atoms with Gasteiger partial charge in [0.2, 0.25) is 0 Å². The summed E-state index contributed by atoms with van der Waals surface area (Å²) in [6.07, 6.45) is 1.71. The molecule has 3 heterocycles. The van der Waals surface area contributed by atoms with Gasteiger partial charge in [0.05, 0.1) is 12.2 Å². The lowest BCUT2D eigenvalue weighted by atomic mass is 10.2. The van der Waals surface area contributed by atoms with Crippen molar-refractivity contribution in [1.29, 1.82) is 0 Å². The number of carbonyl (C=O) groups is 1. The van der Waals surface area contributed by atoms with E-state index in [2.05, 4.69) is 15.3 Å². The Morgan fingerprint density at radius 2 is 1.93 bits per heavy atom. The fourth-order valence-corrected chi connectivity index (χ4v) is 4.46. The van der Waals surface area contributed by atoms with E-state index in [-0.39, 0.29) is 12.1 Å². The first-order valence-electron chi connectivity index (χ1n) is 9.25. The number of hydrogen-bond donors (Lipinski definition) is 2. The molecule has 30 heavy (non-hydrogen) atoms. The molecule has 0 saturated heterocycles. The van der Waals surface area contributed by atoms with Crippen LogP contribution in [-0.2, 0) is 13.0 Å². The number of aromatic nitrogens is 3. The van der Waals surface area contributed by atoms with Crippen molar-refractivity contribution in [3.05, 3.63) is 96.4 Å². The molecule has 0 bridgehead atoms. The summed E-state index contributed by atoms with van der Waals surface area (Å²) in [6, 6.07) is 13.6. The number of rotatable bonds is 7. The van der Waals surface area contributed by atoms with Gasteiger partial charge in [0, 0.05) is 35.0 Å². The zero-order valence-electron chi connectivity index (χ0n) is 15.8. The number of benzene rings is 1. The van der Waals surface area contributed by atoms with Gasteiger partial charge in [0.15, 0.2) is 0 Å². The summed E-state index contributed by atoms with van der Waals surface area (Å²) in [7, 11) is 0. The van der Waals surface area contributed by atoms with E-state index in [0.717, 1.165) is 25.7 Å². The van der Waals surface area contributed by atoms with Gasteiger partial charge in [-0.25, -0.2) is 9.78 Å². The number of thiazole rings is 1. The highest BCUT2D eigenvalue weighted by Crippen LogP contribution is 2.23. The average molecular weight is 439 g/mol. The van der Waals surface area contributed by atoms with Crippen LogP contribution in [-0.4, -0.2) is 27.0 Å². The van der Waals surface area contributed by atoms with Gasteiger partial charge in [-0.3, -0.25) is 14.2 Å². The lowest BCUT2D eigenvalue weighted by Crippen LogP contribution is -2.41. The Kier molecular flexibility index (Phi) is 6.01. The second-order valence-corrected chi connectivity index (χ2v) is 8.38. The SMILES string of the molecule is O=C(NCCc1csc(-c2ccccc2)n1)c1c[nH]c(=O)n(Cc2cccs2)c1=O. The fourth-order valence-electron chi connectivity index (χ4n) is 2.91. The molecular formula is C21H18N4O3S2. The summed E-state index contributed by atoms with van der Waals surface area (Å²) in [5.74, 6) is -0.519. The molecule has 3 aromatic heterocycles.